The normalized spacial score (nSPS) is 21.7. The summed E-state index contributed by atoms with van der Waals surface area (Å²) >= 11 is 7.43. The van der Waals surface area contributed by atoms with Crippen LogP contribution in [0.3, 0.4) is 0 Å². The Kier molecular flexibility index (Phi) is 8.82. The summed E-state index contributed by atoms with van der Waals surface area (Å²) in [5.74, 6) is 0.110. The summed E-state index contributed by atoms with van der Waals surface area (Å²) in [4.78, 5) is 17.4. The maximum absolute atomic E-state index is 12.4. The van der Waals surface area contributed by atoms with Gasteiger partial charge in [0, 0.05) is 38.2 Å². The molecule has 1 fully saturated rings. The number of carbonyl (C=O) groups is 1. The van der Waals surface area contributed by atoms with Crippen molar-refractivity contribution in [3.05, 3.63) is 21.3 Å². The molecule has 132 valence electrons. The molecule has 0 aromatic carbocycles. The van der Waals surface area contributed by atoms with Gasteiger partial charge < -0.3 is 15.4 Å². The van der Waals surface area contributed by atoms with Crippen LogP contribution in [0.5, 0.6) is 0 Å². The van der Waals surface area contributed by atoms with E-state index in [2.05, 4.69) is 4.90 Å². The van der Waals surface area contributed by atoms with Gasteiger partial charge >= 0.3 is 0 Å². The molecule has 1 aliphatic heterocycles. The highest BCUT2D eigenvalue weighted by Crippen LogP contribution is 2.23. The Morgan fingerprint density at radius 2 is 2.30 bits per heavy atom. The van der Waals surface area contributed by atoms with Gasteiger partial charge in [-0.05, 0) is 25.0 Å². The molecule has 0 bridgehead atoms. The minimum absolute atomic E-state index is 0. The molecule has 0 radical (unpaired) electrons. The molecule has 23 heavy (non-hydrogen) atoms. The standard InChI is InChI=1S/C15H24ClN3O2S.ClH/c1-18(9-13-3-4-14(16)22-13)15(20)10-19-6-5-12(21-2)7-11(19)8-17;/h3-4,11-12H,5-10,17H2,1-2H3;1H. The number of likely N-dealkylation sites (N-methyl/N-ethyl adjacent to an activating group) is 1. The number of carbonyl (C=O) groups excluding carboxylic acids is 1. The van der Waals surface area contributed by atoms with Crippen LogP contribution < -0.4 is 5.73 Å². The molecule has 2 unspecified atom stereocenters. The van der Waals surface area contributed by atoms with Crippen molar-refractivity contribution in [3.8, 4) is 0 Å². The minimum Gasteiger partial charge on any atom is -0.381 e. The lowest BCUT2D eigenvalue weighted by molar-refractivity contribution is -0.133. The first kappa shape index (κ1) is 20.7. The zero-order valence-electron chi connectivity index (χ0n) is 13.5. The van der Waals surface area contributed by atoms with Gasteiger partial charge in [0.1, 0.15) is 0 Å². The van der Waals surface area contributed by atoms with Crippen LogP contribution in [0.15, 0.2) is 12.1 Å². The maximum Gasteiger partial charge on any atom is 0.236 e. The van der Waals surface area contributed by atoms with E-state index in [9.17, 15) is 4.79 Å². The van der Waals surface area contributed by atoms with E-state index in [4.69, 9.17) is 22.1 Å². The van der Waals surface area contributed by atoms with Crippen LogP contribution in [0, 0.1) is 0 Å². The lowest BCUT2D eigenvalue weighted by Crippen LogP contribution is -2.51. The second kappa shape index (κ2) is 9.81. The van der Waals surface area contributed by atoms with Gasteiger partial charge in [-0.15, -0.1) is 23.7 Å². The van der Waals surface area contributed by atoms with E-state index in [1.807, 2.05) is 19.2 Å². The highest BCUT2D eigenvalue weighted by atomic mass is 35.5. The number of amides is 1. The third-order valence-corrected chi connectivity index (χ3v) is 5.40. The largest absolute Gasteiger partial charge is 0.381 e. The number of thiophene rings is 1. The number of hydrogen-bond acceptors (Lipinski definition) is 5. The topological polar surface area (TPSA) is 58.8 Å². The quantitative estimate of drug-likeness (QED) is 0.820. The predicted molar refractivity (Wildman–Crippen MR) is 97.5 cm³/mol. The van der Waals surface area contributed by atoms with Crippen LogP contribution in [-0.4, -0.2) is 61.6 Å². The highest BCUT2D eigenvalue weighted by Gasteiger charge is 2.29. The van der Waals surface area contributed by atoms with E-state index >= 15 is 0 Å². The van der Waals surface area contributed by atoms with E-state index in [-0.39, 0.29) is 30.5 Å². The predicted octanol–water partition coefficient (Wildman–Crippen LogP) is 2.22. The van der Waals surface area contributed by atoms with Crippen molar-refractivity contribution < 1.29 is 9.53 Å². The number of ether oxygens (including phenoxy) is 1. The van der Waals surface area contributed by atoms with Crippen LogP contribution >= 0.6 is 35.3 Å². The lowest BCUT2D eigenvalue weighted by atomic mass is 9.99. The molecule has 0 spiro atoms. The highest BCUT2D eigenvalue weighted by molar-refractivity contribution is 7.16. The Morgan fingerprint density at radius 1 is 1.57 bits per heavy atom. The van der Waals surface area contributed by atoms with Crippen molar-refractivity contribution in [2.75, 3.05) is 33.8 Å². The van der Waals surface area contributed by atoms with Crippen LogP contribution in [-0.2, 0) is 16.1 Å². The smallest absolute Gasteiger partial charge is 0.236 e. The van der Waals surface area contributed by atoms with E-state index in [1.54, 1.807) is 12.0 Å². The molecule has 1 aromatic heterocycles. The molecule has 2 rings (SSSR count). The van der Waals surface area contributed by atoms with Crippen molar-refractivity contribution in [2.45, 2.75) is 31.5 Å². The molecule has 2 atom stereocenters. The second-order valence-corrected chi connectivity index (χ2v) is 7.50. The lowest BCUT2D eigenvalue weighted by Gasteiger charge is -2.38. The van der Waals surface area contributed by atoms with Crippen LogP contribution in [0.4, 0.5) is 0 Å². The molecule has 0 saturated carbocycles. The fourth-order valence-corrected chi connectivity index (χ4v) is 3.92. The number of hydrogen-bond donors (Lipinski definition) is 1. The van der Waals surface area contributed by atoms with Crippen molar-refractivity contribution >= 4 is 41.3 Å². The summed E-state index contributed by atoms with van der Waals surface area (Å²) < 4.78 is 6.17. The number of nitrogens with zero attached hydrogens (tertiary/aromatic N) is 2. The summed E-state index contributed by atoms with van der Waals surface area (Å²) in [6.45, 7) is 2.41. The summed E-state index contributed by atoms with van der Waals surface area (Å²) in [6, 6.07) is 4.04. The molecular formula is C15H25Cl2N3O2S. The third kappa shape index (κ3) is 5.89. The van der Waals surface area contributed by atoms with Gasteiger partial charge in [-0.25, -0.2) is 0 Å². The molecule has 1 aromatic rings. The number of piperidine rings is 1. The number of rotatable bonds is 6. The second-order valence-electron chi connectivity index (χ2n) is 5.70. The molecule has 2 N–H and O–H groups in total. The summed E-state index contributed by atoms with van der Waals surface area (Å²) in [6.07, 6.45) is 2.10. The average molecular weight is 382 g/mol. The summed E-state index contributed by atoms with van der Waals surface area (Å²) in [7, 11) is 3.56. The van der Waals surface area contributed by atoms with E-state index in [0.717, 1.165) is 28.6 Å². The van der Waals surface area contributed by atoms with Crippen molar-refractivity contribution in [1.29, 1.82) is 0 Å². The third-order valence-electron chi connectivity index (χ3n) is 4.18. The van der Waals surface area contributed by atoms with Gasteiger partial charge in [0.25, 0.3) is 0 Å². The Labute approximate surface area is 153 Å². The first-order valence-electron chi connectivity index (χ1n) is 7.48. The zero-order valence-corrected chi connectivity index (χ0v) is 15.9. The van der Waals surface area contributed by atoms with E-state index in [0.29, 0.717) is 19.6 Å². The fourth-order valence-electron chi connectivity index (χ4n) is 2.78. The Morgan fingerprint density at radius 3 is 2.87 bits per heavy atom. The van der Waals surface area contributed by atoms with Crippen molar-refractivity contribution in [2.24, 2.45) is 5.73 Å². The number of methoxy groups -OCH3 is 1. The summed E-state index contributed by atoms with van der Waals surface area (Å²) in [5, 5.41) is 0. The van der Waals surface area contributed by atoms with Gasteiger partial charge in [0.15, 0.2) is 0 Å². The SMILES string of the molecule is COC1CCN(CC(=O)N(C)Cc2ccc(Cl)s2)C(CN)C1.Cl. The summed E-state index contributed by atoms with van der Waals surface area (Å²) in [5.41, 5.74) is 5.85. The Hall–Kier alpha value is -0.370. The van der Waals surface area contributed by atoms with E-state index < -0.39 is 0 Å². The first-order valence-corrected chi connectivity index (χ1v) is 8.68. The fraction of sp³-hybridized carbons (Fsp3) is 0.667. The van der Waals surface area contributed by atoms with Gasteiger partial charge in [-0.3, -0.25) is 9.69 Å². The van der Waals surface area contributed by atoms with Gasteiger partial charge in [-0.2, -0.15) is 0 Å². The molecular weight excluding hydrogens is 357 g/mol. The minimum atomic E-state index is 0. The monoisotopic (exact) mass is 381 g/mol. The first-order chi connectivity index (χ1) is 10.5. The van der Waals surface area contributed by atoms with Crippen LogP contribution in [0.2, 0.25) is 4.34 Å². The van der Waals surface area contributed by atoms with Gasteiger partial charge in [-0.1, -0.05) is 11.6 Å². The maximum atomic E-state index is 12.4. The molecule has 1 amide bonds. The number of halogens is 2. The van der Waals surface area contributed by atoms with Crippen molar-refractivity contribution in [1.82, 2.24) is 9.80 Å². The van der Waals surface area contributed by atoms with E-state index in [1.165, 1.54) is 11.3 Å². The molecule has 1 aliphatic rings. The Balaban J connectivity index is 0.00000264. The van der Waals surface area contributed by atoms with Crippen molar-refractivity contribution in [3.63, 3.8) is 0 Å². The average Bonchev–Trinajstić information content (AvgIpc) is 2.92. The number of nitrogens with two attached hydrogens (primary N) is 1. The Bertz CT molecular complexity index is 501. The van der Waals surface area contributed by atoms with Crippen LogP contribution in [0.25, 0.3) is 0 Å². The molecule has 8 heteroatoms. The molecule has 1 saturated heterocycles. The molecule has 5 nitrogen and oxygen atoms in total. The van der Waals surface area contributed by atoms with Gasteiger partial charge in [0.05, 0.1) is 23.5 Å². The zero-order chi connectivity index (χ0) is 16.1. The number of likely N-dealkylation sites (tertiary alicyclic amines) is 1. The molecule has 0 aliphatic carbocycles. The van der Waals surface area contributed by atoms with Crippen LogP contribution in [0.1, 0.15) is 17.7 Å². The molecule has 2 heterocycles. The van der Waals surface area contributed by atoms with Gasteiger partial charge in [0.2, 0.25) is 5.91 Å².